The number of carbonyl (C=O) groups is 1. The fraction of sp³-hybridized carbons (Fsp3) is 0.250. The largest absolute Gasteiger partial charge is 0.468 e. The van der Waals surface area contributed by atoms with E-state index in [1.54, 1.807) is 24.5 Å². The maximum atomic E-state index is 13.0. The number of aromatic nitrogens is 2. The Bertz CT molecular complexity index is 1030. The Morgan fingerprint density at radius 1 is 1.28 bits per heavy atom. The molecule has 1 aliphatic rings. The molecule has 0 saturated carbocycles. The Kier molecular flexibility index (Phi) is 5.50. The second-order valence-electron chi connectivity index (χ2n) is 6.75. The molecule has 2 unspecified atom stereocenters. The average molecular weight is 397 g/mol. The van der Waals surface area contributed by atoms with Crippen molar-refractivity contribution in [2.24, 2.45) is 0 Å². The van der Waals surface area contributed by atoms with Gasteiger partial charge < -0.3 is 9.73 Å². The number of nitrogens with zero attached hydrogens (tertiary/aromatic N) is 2. The van der Waals surface area contributed by atoms with Gasteiger partial charge in [-0.05, 0) is 42.8 Å². The Hall–Kier alpha value is -3.30. The number of halogens is 1. The summed E-state index contributed by atoms with van der Waals surface area (Å²) in [5, 5.41) is 2.82. The van der Waals surface area contributed by atoms with Crippen LogP contribution in [0.15, 0.2) is 64.3 Å². The van der Waals surface area contributed by atoms with Gasteiger partial charge in [0, 0.05) is 24.7 Å². The van der Waals surface area contributed by atoms with Crippen molar-refractivity contribution in [1.29, 1.82) is 0 Å². The van der Waals surface area contributed by atoms with E-state index in [0.29, 0.717) is 30.8 Å². The van der Waals surface area contributed by atoms with E-state index in [2.05, 4.69) is 21.2 Å². The van der Waals surface area contributed by atoms with Crippen LogP contribution in [-0.4, -0.2) is 28.0 Å². The number of hydrogen-bond acceptors (Lipinski definition) is 6. The van der Waals surface area contributed by atoms with E-state index in [1.165, 1.54) is 29.1 Å². The number of nitrogens with one attached hydrogen (secondary N) is 3. The second kappa shape index (κ2) is 8.38. The second-order valence-corrected chi connectivity index (χ2v) is 6.75. The highest BCUT2D eigenvalue weighted by atomic mass is 19.1. The first-order valence-electron chi connectivity index (χ1n) is 9.25. The van der Waals surface area contributed by atoms with Gasteiger partial charge in [-0.3, -0.25) is 14.2 Å². The summed E-state index contributed by atoms with van der Waals surface area (Å²) in [6.07, 6.45) is 3.58. The third-order valence-electron chi connectivity index (χ3n) is 4.78. The molecular formula is C20H20FN5O3. The van der Waals surface area contributed by atoms with Crippen molar-refractivity contribution < 1.29 is 13.6 Å². The zero-order valence-electron chi connectivity index (χ0n) is 15.5. The fourth-order valence-electron chi connectivity index (χ4n) is 3.20. The van der Waals surface area contributed by atoms with Gasteiger partial charge in [0.2, 0.25) is 5.91 Å². The molecule has 0 bridgehead atoms. The minimum atomic E-state index is -0.388. The molecule has 2 aromatic heterocycles. The van der Waals surface area contributed by atoms with Gasteiger partial charge >= 0.3 is 0 Å². The number of benzene rings is 1. The highest BCUT2D eigenvalue weighted by Gasteiger charge is 2.31. The fourth-order valence-corrected chi connectivity index (χ4v) is 3.20. The van der Waals surface area contributed by atoms with Crippen LogP contribution in [-0.2, 0) is 11.3 Å². The number of rotatable bonds is 6. The topological polar surface area (TPSA) is 101 Å². The molecular weight excluding hydrogens is 377 g/mol. The van der Waals surface area contributed by atoms with Crippen molar-refractivity contribution in [2.45, 2.75) is 25.0 Å². The van der Waals surface area contributed by atoms with E-state index in [4.69, 9.17) is 4.42 Å². The number of carbonyl (C=O) groups excluding carboxylic acids is 1. The third-order valence-corrected chi connectivity index (χ3v) is 4.78. The molecule has 9 heteroatoms. The lowest BCUT2D eigenvalue weighted by atomic mass is 10.1. The summed E-state index contributed by atoms with van der Waals surface area (Å²) in [5.41, 5.74) is 6.89. The van der Waals surface area contributed by atoms with Crippen molar-refractivity contribution >= 4 is 5.91 Å². The minimum Gasteiger partial charge on any atom is -0.468 e. The van der Waals surface area contributed by atoms with Crippen LogP contribution in [0.25, 0.3) is 11.3 Å². The first-order valence-corrected chi connectivity index (χ1v) is 9.25. The van der Waals surface area contributed by atoms with E-state index < -0.39 is 0 Å². The van der Waals surface area contributed by atoms with Crippen LogP contribution in [0.4, 0.5) is 4.39 Å². The first kappa shape index (κ1) is 19.0. The highest BCUT2D eigenvalue weighted by molar-refractivity contribution is 5.82. The zero-order valence-corrected chi connectivity index (χ0v) is 15.5. The van der Waals surface area contributed by atoms with Crippen molar-refractivity contribution in [3.05, 3.63) is 77.0 Å². The molecule has 3 heterocycles. The van der Waals surface area contributed by atoms with E-state index in [1.807, 2.05) is 6.07 Å². The van der Waals surface area contributed by atoms with E-state index in [0.717, 1.165) is 5.76 Å². The van der Waals surface area contributed by atoms with Gasteiger partial charge in [0.05, 0.1) is 24.3 Å². The molecule has 1 aliphatic heterocycles. The van der Waals surface area contributed by atoms with E-state index >= 15 is 0 Å². The number of amides is 1. The Labute approximate surface area is 165 Å². The van der Waals surface area contributed by atoms with Gasteiger partial charge in [0.1, 0.15) is 17.6 Å². The Morgan fingerprint density at radius 2 is 2.10 bits per heavy atom. The summed E-state index contributed by atoms with van der Waals surface area (Å²) in [7, 11) is 0. The average Bonchev–Trinajstić information content (AvgIpc) is 3.41. The van der Waals surface area contributed by atoms with Crippen LogP contribution in [0.5, 0.6) is 0 Å². The van der Waals surface area contributed by atoms with Gasteiger partial charge in [-0.1, -0.05) is 0 Å². The predicted octanol–water partition coefficient (Wildman–Crippen LogP) is 1.37. The van der Waals surface area contributed by atoms with Gasteiger partial charge in [0.25, 0.3) is 5.56 Å². The number of hydrogen-bond donors (Lipinski definition) is 3. The summed E-state index contributed by atoms with van der Waals surface area (Å²) in [6, 6.07) is 10.4. The molecule has 3 aromatic rings. The first-order chi connectivity index (χ1) is 14.1. The van der Waals surface area contributed by atoms with Crippen LogP contribution in [0.1, 0.15) is 18.2 Å². The molecule has 3 N–H and O–H groups in total. The predicted molar refractivity (Wildman–Crippen MR) is 103 cm³/mol. The standard InChI is InChI=1S/C20H20FN5O3/c21-14-5-3-13(4-6-14)15-11-19(27)26(12-23-15)8-7-22-20(28)17-10-16(24-25-17)18-2-1-9-29-18/h1-6,9,11-12,16-17,24-25H,7-8,10H2,(H,22,28). The summed E-state index contributed by atoms with van der Waals surface area (Å²) in [4.78, 5) is 28.9. The molecule has 0 aliphatic carbocycles. The molecule has 1 saturated heterocycles. The molecule has 29 heavy (non-hydrogen) atoms. The maximum Gasteiger partial charge on any atom is 0.253 e. The molecule has 0 spiro atoms. The summed E-state index contributed by atoms with van der Waals surface area (Å²) in [6.45, 7) is 0.586. The lowest BCUT2D eigenvalue weighted by Crippen LogP contribution is -2.44. The minimum absolute atomic E-state index is 0.0634. The van der Waals surface area contributed by atoms with Crippen LogP contribution < -0.4 is 21.7 Å². The lowest BCUT2D eigenvalue weighted by molar-refractivity contribution is -0.122. The Balaban J connectivity index is 1.30. The van der Waals surface area contributed by atoms with Crippen LogP contribution in [0.2, 0.25) is 0 Å². The van der Waals surface area contributed by atoms with Crippen molar-refractivity contribution in [3.8, 4) is 11.3 Å². The monoisotopic (exact) mass is 397 g/mol. The Morgan fingerprint density at radius 3 is 2.83 bits per heavy atom. The molecule has 1 amide bonds. The molecule has 150 valence electrons. The third kappa shape index (κ3) is 4.41. The molecule has 2 atom stereocenters. The summed E-state index contributed by atoms with van der Waals surface area (Å²) in [5.74, 6) is 0.266. The van der Waals surface area contributed by atoms with Crippen LogP contribution in [0, 0.1) is 5.82 Å². The molecule has 4 rings (SSSR count). The van der Waals surface area contributed by atoms with Crippen molar-refractivity contribution in [3.63, 3.8) is 0 Å². The maximum absolute atomic E-state index is 13.0. The molecule has 0 radical (unpaired) electrons. The summed E-state index contributed by atoms with van der Waals surface area (Å²) < 4.78 is 19.8. The smallest absolute Gasteiger partial charge is 0.253 e. The van der Waals surface area contributed by atoms with E-state index in [9.17, 15) is 14.0 Å². The van der Waals surface area contributed by atoms with Crippen molar-refractivity contribution in [1.82, 2.24) is 25.7 Å². The molecule has 8 nitrogen and oxygen atoms in total. The number of hydrazine groups is 1. The normalized spacial score (nSPS) is 18.7. The van der Waals surface area contributed by atoms with Crippen molar-refractivity contribution in [2.75, 3.05) is 6.54 Å². The van der Waals surface area contributed by atoms with Crippen LogP contribution in [0.3, 0.4) is 0 Å². The lowest BCUT2D eigenvalue weighted by Gasteiger charge is -2.11. The quantitative estimate of drug-likeness (QED) is 0.581. The molecule has 1 aromatic carbocycles. The highest BCUT2D eigenvalue weighted by Crippen LogP contribution is 2.22. The van der Waals surface area contributed by atoms with Gasteiger partial charge in [0.15, 0.2) is 0 Å². The SMILES string of the molecule is O=C(NCCn1cnc(-c2ccc(F)cc2)cc1=O)C1CC(c2ccco2)NN1. The molecule has 1 fully saturated rings. The summed E-state index contributed by atoms with van der Waals surface area (Å²) >= 11 is 0. The van der Waals surface area contributed by atoms with E-state index in [-0.39, 0.29) is 29.4 Å². The number of furan rings is 1. The van der Waals surface area contributed by atoms with Gasteiger partial charge in [-0.25, -0.2) is 20.2 Å². The van der Waals surface area contributed by atoms with Gasteiger partial charge in [-0.15, -0.1) is 0 Å². The van der Waals surface area contributed by atoms with Gasteiger partial charge in [-0.2, -0.15) is 0 Å². The zero-order chi connectivity index (χ0) is 20.2. The van der Waals surface area contributed by atoms with Crippen LogP contribution >= 0.6 is 0 Å².